The van der Waals surface area contributed by atoms with Crippen molar-refractivity contribution in [3.05, 3.63) is 29.6 Å². The van der Waals surface area contributed by atoms with E-state index in [2.05, 4.69) is 37.9 Å². The van der Waals surface area contributed by atoms with Gasteiger partial charge in [-0.25, -0.2) is 12.7 Å². The third-order valence-corrected chi connectivity index (χ3v) is 5.88. The second-order valence-corrected chi connectivity index (χ2v) is 8.92. The summed E-state index contributed by atoms with van der Waals surface area (Å²) in [7, 11) is -2.99. The molecule has 1 aliphatic heterocycles. The number of aryl methyl sites for hydroxylation is 1. The average Bonchev–Trinajstić information content (AvgIpc) is 2.40. The van der Waals surface area contributed by atoms with Crippen molar-refractivity contribution in [1.82, 2.24) is 9.29 Å². The highest BCUT2D eigenvalue weighted by Crippen LogP contribution is 2.20. The van der Waals surface area contributed by atoms with Crippen molar-refractivity contribution < 1.29 is 8.42 Å². The third-order valence-electron chi connectivity index (χ3n) is 3.92. The Balaban J connectivity index is 1.86. The molecule has 0 unspecified atom stereocenters. The fourth-order valence-electron chi connectivity index (χ4n) is 2.57. The molecule has 0 spiro atoms. The first-order chi connectivity index (χ1) is 9.79. The van der Waals surface area contributed by atoms with Gasteiger partial charge in [-0.15, -0.1) is 0 Å². The Morgan fingerprint density at radius 2 is 2.00 bits per heavy atom. The Bertz CT molecular complexity index is 559. The highest BCUT2D eigenvalue weighted by Gasteiger charge is 2.24. The van der Waals surface area contributed by atoms with Gasteiger partial charge in [0.1, 0.15) is 0 Å². The van der Waals surface area contributed by atoms with Gasteiger partial charge in [-0.3, -0.25) is 4.98 Å². The number of sulfonamides is 1. The lowest BCUT2D eigenvalue weighted by Gasteiger charge is -2.26. The lowest BCUT2D eigenvalue weighted by molar-refractivity contribution is 0.378. The van der Waals surface area contributed by atoms with E-state index in [-0.39, 0.29) is 5.41 Å². The van der Waals surface area contributed by atoms with Gasteiger partial charge >= 0.3 is 0 Å². The Kier molecular flexibility index (Phi) is 5.04. The summed E-state index contributed by atoms with van der Waals surface area (Å²) >= 11 is 0. The first-order valence-corrected chi connectivity index (χ1v) is 9.33. The highest BCUT2D eigenvalue weighted by atomic mass is 32.2. The summed E-state index contributed by atoms with van der Waals surface area (Å²) in [6.45, 7) is 7.76. The standard InChI is InChI=1S/C16H26N2O2S/c1-16(2,3)15-9-8-14(13-17-15)7-6-11-18-10-4-5-12-21(18,19)20/h8-9,13H,4-7,10-12H2,1-3H3. The maximum Gasteiger partial charge on any atom is 0.214 e. The molecule has 0 aromatic carbocycles. The zero-order chi connectivity index (χ0) is 15.5. The number of pyridine rings is 1. The summed E-state index contributed by atoms with van der Waals surface area (Å²) < 4.78 is 25.4. The van der Waals surface area contributed by atoms with Gasteiger partial charge in [-0.2, -0.15) is 0 Å². The normalized spacial score (nSPS) is 19.6. The van der Waals surface area contributed by atoms with Crippen molar-refractivity contribution in [2.75, 3.05) is 18.8 Å². The molecule has 1 aromatic heterocycles. The first kappa shape index (κ1) is 16.4. The van der Waals surface area contributed by atoms with E-state index in [4.69, 9.17) is 0 Å². The van der Waals surface area contributed by atoms with Crippen LogP contribution in [0.5, 0.6) is 0 Å². The largest absolute Gasteiger partial charge is 0.260 e. The third kappa shape index (κ3) is 4.51. The molecule has 2 heterocycles. The minimum absolute atomic E-state index is 0.0699. The molecule has 0 amide bonds. The number of hydrogen-bond donors (Lipinski definition) is 0. The molecule has 0 aliphatic carbocycles. The second-order valence-electron chi connectivity index (χ2n) is 6.83. The van der Waals surface area contributed by atoms with E-state index in [0.29, 0.717) is 18.8 Å². The van der Waals surface area contributed by atoms with Gasteiger partial charge in [0, 0.05) is 30.4 Å². The minimum atomic E-state index is -2.99. The van der Waals surface area contributed by atoms with E-state index in [9.17, 15) is 8.42 Å². The molecule has 21 heavy (non-hydrogen) atoms. The second kappa shape index (κ2) is 6.44. The van der Waals surface area contributed by atoms with Crippen LogP contribution in [0.1, 0.15) is 51.3 Å². The summed E-state index contributed by atoms with van der Waals surface area (Å²) in [5, 5.41) is 0. The molecule has 5 heteroatoms. The van der Waals surface area contributed by atoms with Crippen molar-refractivity contribution in [3.63, 3.8) is 0 Å². The monoisotopic (exact) mass is 310 g/mol. The van der Waals surface area contributed by atoms with Crippen molar-refractivity contribution in [2.24, 2.45) is 0 Å². The van der Waals surface area contributed by atoms with E-state index in [1.807, 2.05) is 6.20 Å². The summed E-state index contributed by atoms with van der Waals surface area (Å²) in [5.74, 6) is 0.314. The Morgan fingerprint density at radius 3 is 2.57 bits per heavy atom. The molecule has 118 valence electrons. The van der Waals surface area contributed by atoms with Crippen LogP contribution in [0.2, 0.25) is 0 Å². The molecule has 1 saturated heterocycles. The van der Waals surface area contributed by atoms with Crippen molar-refractivity contribution in [3.8, 4) is 0 Å². The highest BCUT2D eigenvalue weighted by molar-refractivity contribution is 7.89. The van der Waals surface area contributed by atoms with E-state index >= 15 is 0 Å². The number of hydrogen-bond acceptors (Lipinski definition) is 3. The maximum atomic E-state index is 11.9. The Morgan fingerprint density at radius 1 is 1.24 bits per heavy atom. The number of aromatic nitrogens is 1. The van der Waals surface area contributed by atoms with Crippen LogP contribution < -0.4 is 0 Å². The Labute approximate surface area is 128 Å². The van der Waals surface area contributed by atoms with Gasteiger partial charge in [0.2, 0.25) is 10.0 Å². The van der Waals surface area contributed by atoms with Gasteiger partial charge in [-0.1, -0.05) is 26.8 Å². The minimum Gasteiger partial charge on any atom is -0.260 e. The summed E-state index contributed by atoms with van der Waals surface area (Å²) in [6, 6.07) is 4.19. The van der Waals surface area contributed by atoms with Crippen LogP contribution in [0.15, 0.2) is 18.3 Å². The Hall–Kier alpha value is -0.940. The molecule has 1 fully saturated rings. The zero-order valence-electron chi connectivity index (χ0n) is 13.3. The van der Waals surface area contributed by atoms with Crippen LogP contribution in [-0.2, 0) is 21.9 Å². The van der Waals surface area contributed by atoms with Crippen LogP contribution in [-0.4, -0.2) is 36.5 Å². The molecule has 0 bridgehead atoms. The van der Waals surface area contributed by atoms with Crippen LogP contribution in [0.25, 0.3) is 0 Å². The molecule has 0 saturated carbocycles. The molecule has 2 rings (SSSR count). The van der Waals surface area contributed by atoms with E-state index < -0.39 is 10.0 Å². The quantitative estimate of drug-likeness (QED) is 0.859. The molecule has 0 radical (unpaired) electrons. The number of nitrogens with zero attached hydrogens (tertiary/aromatic N) is 2. The topological polar surface area (TPSA) is 50.3 Å². The molecule has 0 N–H and O–H groups in total. The summed E-state index contributed by atoms with van der Waals surface area (Å²) in [6.07, 6.45) is 5.45. The van der Waals surface area contributed by atoms with E-state index in [1.165, 1.54) is 5.56 Å². The fraction of sp³-hybridized carbons (Fsp3) is 0.688. The lowest BCUT2D eigenvalue weighted by Crippen LogP contribution is -2.38. The van der Waals surface area contributed by atoms with Crippen LogP contribution in [0.3, 0.4) is 0 Å². The maximum absolute atomic E-state index is 11.9. The average molecular weight is 310 g/mol. The summed E-state index contributed by atoms with van der Waals surface area (Å²) in [5.41, 5.74) is 2.34. The zero-order valence-corrected chi connectivity index (χ0v) is 14.1. The number of rotatable bonds is 4. The molecule has 4 nitrogen and oxygen atoms in total. The predicted octanol–water partition coefficient (Wildman–Crippen LogP) is 2.74. The fourth-order valence-corrected chi connectivity index (χ4v) is 4.21. The van der Waals surface area contributed by atoms with Gasteiger partial charge in [0.15, 0.2) is 0 Å². The van der Waals surface area contributed by atoms with Gasteiger partial charge < -0.3 is 0 Å². The molecule has 1 aliphatic rings. The first-order valence-electron chi connectivity index (χ1n) is 7.72. The SMILES string of the molecule is CC(C)(C)c1ccc(CCCN2CCCCS2(=O)=O)cn1. The van der Waals surface area contributed by atoms with Gasteiger partial charge in [0.25, 0.3) is 0 Å². The lowest BCUT2D eigenvalue weighted by atomic mass is 9.91. The summed E-state index contributed by atoms with van der Waals surface area (Å²) in [4.78, 5) is 4.51. The molecular formula is C16H26N2O2S. The molecular weight excluding hydrogens is 284 g/mol. The van der Waals surface area contributed by atoms with Crippen LogP contribution >= 0.6 is 0 Å². The predicted molar refractivity (Wildman–Crippen MR) is 85.9 cm³/mol. The van der Waals surface area contributed by atoms with E-state index in [0.717, 1.165) is 31.4 Å². The molecule has 0 atom stereocenters. The van der Waals surface area contributed by atoms with Gasteiger partial charge in [0.05, 0.1) is 5.75 Å². The van der Waals surface area contributed by atoms with Crippen molar-refractivity contribution >= 4 is 10.0 Å². The molecule has 1 aromatic rings. The smallest absolute Gasteiger partial charge is 0.214 e. The van der Waals surface area contributed by atoms with Crippen LogP contribution in [0, 0.1) is 0 Å². The van der Waals surface area contributed by atoms with Crippen molar-refractivity contribution in [2.45, 2.75) is 51.9 Å². The van der Waals surface area contributed by atoms with Gasteiger partial charge in [-0.05, 0) is 37.3 Å². The van der Waals surface area contributed by atoms with Crippen LogP contribution in [0.4, 0.5) is 0 Å². The van der Waals surface area contributed by atoms with Crippen molar-refractivity contribution in [1.29, 1.82) is 0 Å². The van der Waals surface area contributed by atoms with E-state index in [1.54, 1.807) is 4.31 Å².